The zero-order valence-corrected chi connectivity index (χ0v) is 13.5. The zero-order chi connectivity index (χ0) is 14.8. The minimum absolute atomic E-state index is 0.0864. The standard InChI is InChI=1S/C15H24ClN3O/c1-15(2,3)18-9-11-7-13(16)14(17-8-11)19(4)12-5-6-20-10-12/h7-8,12,18H,5-6,9-10H2,1-4H3. The Morgan fingerprint density at radius 1 is 1.50 bits per heavy atom. The van der Waals surface area contributed by atoms with E-state index in [1.54, 1.807) is 0 Å². The monoisotopic (exact) mass is 297 g/mol. The molecule has 1 fully saturated rings. The van der Waals surface area contributed by atoms with Crippen molar-refractivity contribution in [1.82, 2.24) is 10.3 Å². The Balaban J connectivity index is 2.05. The predicted octanol–water partition coefficient (Wildman–Crippen LogP) is 2.85. The van der Waals surface area contributed by atoms with E-state index in [1.165, 1.54) is 0 Å². The Hall–Kier alpha value is -0.840. The van der Waals surface area contributed by atoms with Crippen molar-refractivity contribution in [2.75, 3.05) is 25.2 Å². The molecule has 5 heteroatoms. The number of rotatable bonds is 4. The molecule has 2 rings (SSSR count). The molecule has 1 saturated heterocycles. The van der Waals surface area contributed by atoms with Crippen LogP contribution in [0.2, 0.25) is 5.02 Å². The predicted molar refractivity (Wildman–Crippen MR) is 83.5 cm³/mol. The first kappa shape index (κ1) is 15.5. The van der Waals surface area contributed by atoms with Crippen LogP contribution in [-0.4, -0.2) is 36.8 Å². The summed E-state index contributed by atoms with van der Waals surface area (Å²) in [7, 11) is 2.03. The number of nitrogens with zero attached hydrogens (tertiary/aromatic N) is 2. The maximum absolute atomic E-state index is 6.38. The molecule has 1 N–H and O–H groups in total. The number of hydrogen-bond acceptors (Lipinski definition) is 4. The van der Waals surface area contributed by atoms with Crippen LogP contribution < -0.4 is 10.2 Å². The van der Waals surface area contributed by atoms with Gasteiger partial charge in [0.25, 0.3) is 0 Å². The molecule has 1 aromatic heterocycles. The Kier molecular flexibility index (Phi) is 4.89. The van der Waals surface area contributed by atoms with Gasteiger partial charge in [0, 0.05) is 31.9 Å². The first-order valence-corrected chi connectivity index (χ1v) is 7.44. The van der Waals surface area contributed by atoms with Crippen molar-refractivity contribution in [3.8, 4) is 0 Å². The van der Waals surface area contributed by atoms with Crippen molar-refractivity contribution in [1.29, 1.82) is 0 Å². The van der Waals surface area contributed by atoms with Crippen LogP contribution in [0, 0.1) is 0 Å². The van der Waals surface area contributed by atoms with Crippen molar-refractivity contribution < 1.29 is 4.74 Å². The third kappa shape index (κ3) is 4.08. The molecule has 2 heterocycles. The minimum Gasteiger partial charge on any atom is -0.379 e. The van der Waals surface area contributed by atoms with E-state index in [4.69, 9.17) is 16.3 Å². The Morgan fingerprint density at radius 3 is 2.80 bits per heavy atom. The highest BCUT2D eigenvalue weighted by Gasteiger charge is 2.23. The highest BCUT2D eigenvalue weighted by Crippen LogP contribution is 2.26. The molecule has 1 aliphatic heterocycles. The molecule has 1 aliphatic rings. The van der Waals surface area contributed by atoms with Gasteiger partial charge in [-0.15, -0.1) is 0 Å². The maximum Gasteiger partial charge on any atom is 0.147 e. The summed E-state index contributed by atoms with van der Waals surface area (Å²) in [6.07, 6.45) is 2.92. The molecular weight excluding hydrogens is 274 g/mol. The molecular formula is C15H24ClN3O. The van der Waals surface area contributed by atoms with Crippen LogP contribution in [-0.2, 0) is 11.3 Å². The quantitative estimate of drug-likeness (QED) is 0.927. The first-order chi connectivity index (χ1) is 9.37. The maximum atomic E-state index is 6.38. The lowest BCUT2D eigenvalue weighted by Crippen LogP contribution is -2.35. The van der Waals surface area contributed by atoms with Crippen molar-refractivity contribution in [3.05, 3.63) is 22.8 Å². The van der Waals surface area contributed by atoms with Crippen LogP contribution in [0.4, 0.5) is 5.82 Å². The van der Waals surface area contributed by atoms with Crippen LogP contribution >= 0.6 is 11.6 Å². The van der Waals surface area contributed by atoms with Crippen LogP contribution in [0.5, 0.6) is 0 Å². The van der Waals surface area contributed by atoms with Gasteiger partial charge < -0.3 is 15.0 Å². The summed E-state index contributed by atoms with van der Waals surface area (Å²) in [5.41, 5.74) is 1.19. The number of ether oxygens (including phenoxy) is 1. The van der Waals surface area contributed by atoms with Gasteiger partial charge in [-0.05, 0) is 38.8 Å². The second-order valence-corrected chi connectivity index (χ2v) is 6.79. The number of halogens is 1. The molecule has 0 amide bonds. The average molecular weight is 298 g/mol. The largest absolute Gasteiger partial charge is 0.379 e. The van der Waals surface area contributed by atoms with Crippen molar-refractivity contribution in [2.45, 2.75) is 45.3 Å². The zero-order valence-electron chi connectivity index (χ0n) is 12.7. The summed E-state index contributed by atoms with van der Waals surface area (Å²) in [5.74, 6) is 0.835. The van der Waals surface area contributed by atoms with E-state index in [1.807, 2.05) is 19.3 Å². The van der Waals surface area contributed by atoms with E-state index in [-0.39, 0.29) is 5.54 Å². The van der Waals surface area contributed by atoms with Crippen molar-refractivity contribution in [3.63, 3.8) is 0 Å². The van der Waals surface area contributed by atoms with Gasteiger partial charge >= 0.3 is 0 Å². The molecule has 112 valence electrons. The van der Waals surface area contributed by atoms with Gasteiger partial charge in [-0.1, -0.05) is 11.6 Å². The molecule has 4 nitrogen and oxygen atoms in total. The third-order valence-corrected chi connectivity index (χ3v) is 3.77. The van der Waals surface area contributed by atoms with E-state index in [2.05, 4.69) is 36.0 Å². The summed E-state index contributed by atoms with van der Waals surface area (Å²) in [6, 6.07) is 2.37. The third-order valence-electron chi connectivity index (χ3n) is 3.49. The lowest BCUT2D eigenvalue weighted by molar-refractivity contribution is 0.193. The fraction of sp³-hybridized carbons (Fsp3) is 0.667. The summed E-state index contributed by atoms with van der Waals surface area (Å²) >= 11 is 6.38. The molecule has 0 radical (unpaired) electrons. The number of nitrogens with one attached hydrogen (secondary N) is 1. The van der Waals surface area contributed by atoms with Crippen LogP contribution in [0.1, 0.15) is 32.8 Å². The molecule has 0 spiro atoms. The van der Waals surface area contributed by atoms with E-state index in [0.29, 0.717) is 11.1 Å². The summed E-state index contributed by atoms with van der Waals surface area (Å²) < 4.78 is 5.42. The van der Waals surface area contributed by atoms with Crippen LogP contribution in [0.25, 0.3) is 0 Å². The molecule has 0 aliphatic carbocycles. The lowest BCUT2D eigenvalue weighted by Gasteiger charge is -2.25. The number of aromatic nitrogens is 1. The van der Waals surface area contributed by atoms with Gasteiger partial charge in [0.05, 0.1) is 17.7 Å². The topological polar surface area (TPSA) is 37.4 Å². The van der Waals surface area contributed by atoms with Crippen LogP contribution in [0.15, 0.2) is 12.3 Å². The Bertz CT molecular complexity index is 453. The summed E-state index contributed by atoms with van der Waals surface area (Å²) in [4.78, 5) is 6.64. The number of anilines is 1. The van der Waals surface area contributed by atoms with E-state index < -0.39 is 0 Å². The highest BCUT2D eigenvalue weighted by molar-refractivity contribution is 6.33. The molecule has 1 unspecified atom stereocenters. The van der Waals surface area contributed by atoms with Crippen LogP contribution in [0.3, 0.4) is 0 Å². The van der Waals surface area contributed by atoms with E-state index >= 15 is 0 Å². The van der Waals surface area contributed by atoms with Gasteiger partial charge in [-0.25, -0.2) is 4.98 Å². The fourth-order valence-corrected chi connectivity index (χ4v) is 2.52. The fourth-order valence-electron chi connectivity index (χ4n) is 2.19. The van der Waals surface area contributed by atoms with Crippen molar-refractivity contribution >= 4 is 17.4 Å². The number of hydrogen-bond donors (Lipinski definition) is 1. The van der Waals surface area contributed by atoms with E-state index in [9.17, 15) is 0 Å². The normalized spacial score (nSPS) is 19.4. The average Bonchev–Trinajstić information content (AvgIpc) is 2.88. The minimum atomic E-state index is 0.0864. The second kappa shape index (κ2) is 6.29. The van der Waals surface area contributed by atoms with Crippen molar-refractivity contribution in [2.24, 2.45) is 0 Å². The van der Waals surface area contributed by atoms with Gasteiger partial charge in [0.15, 0.2) is 0 Å². The lowest BCUT2D eigenvalue weighted by atomic mass is 10.1. The Labute approximate surface area is 126 Å². The summed E-state index contributed by atoms with van der Waals surface area (Å²) in [6.45, 7) is 8.77. The molecule has 0 aromatic carbocycles. The SMILES string of the molecule is CN(c1ncc(CNC(C)(C)C)cc1Cl)C1CCOC1. The van der Waals surface area contributed by atoms with Gasteiger partial charge in [-0.2, -0.15) is 0 Å². The summed E-state index contributed by atoms with van der Waals surface area (Å²) in [5, 5.41) is 4.14. The molecule has 0 bridgehead atoms. The van der Waals surface area contributed by atoms with Gasteiger partial charge in [0.2, 0.25) is 0 Å². The number of pyridine rings is 1. The van der Waals surface area contributed by atoms with Gasteiger partial charge in [0.1, 0.15) is 5.82 Å². The smallest absolute Gasteiger partial charge is 0.147 e. The Morgan fingerprint density at radius 2 is 2.25 bits per heavy atom. The molecule has 20 heavy (non-hydrogen) atoms. The molecule has 0 saturated carbocycles. The van der Waals surface area contributed by atoms with Gasteiger partial charge in [-0.3, -0.25) is 0 Å². The second-order valence-electron chi connectivity index (χ2n) is 6.38. The highest BCUT2D eigenvalue weighted by atomic mass is 35.5. The molecule has 1 atom stereocenters. The molecule has 1 aromatic rings. The van der Waals surface area contributed by atoms with E-state index in [0.717, 1.165) is 37.6 Å². The first-order valence-electron chi connectivity index (χ1n) is 7.07. The number of likely N-dealkylation sites (N-methyl/N-ethyl adjacent to an activating group) is 1.